The van der Waals surface area contributed by atoms with Gasteiger partial charge >= 0.3 is 0 Å². The Bertz CT molecular complexity index is 890. The molecule has 0 bridgehead atoms. The van der Waals surface area contributed by atoms with Crippen molar-refractivity contribution in [2.24, 2.45) is 0 Å². The lowest BCUT2D eigenvalue weighted by Crippen LogP contribution is -2.24. The molecule has 0 aliphatic rings. The third-order valence-electron chi connectivity index (χ3n) is 3.55. The zero-order valence-electron chi connectivity index (χ0n) is 14.8. The highest BCUT2D eigenvalue weighted by Gasteiger charge is 2.11. The number of hydrogen-bond donors (Lipinski definition) is 1. The molecule has 1 amide bonds. The van der Waals surface area contributed by atoms with E-state index >= 15 is 0 Å². The molecule has 27 heavy (non-hydrogen) atoms. The number of nitrogens with one attached hydrogen (secondary N) is 1. The Kier molecular flexibility index (Phi) is 6.65. The normalized spacial score (nSPS) is 10.3. The molecule has 1 N–H and O–H groups in total. The third-order valence-corrected chi connectivity index (χ3v) is 4.51. The maximum atomic E-state index is 12.2. The average molecular weight is 381 g/mol. The highest BCUT2D eigenvalue weighted by atomic mass is 32.2. The summed E-state index contributed by atoms with van der Waals surface area (Å²) >= 11 is 1.28. The molecular weight excluding hydrogens is 362 g/mol. The number of hydrogen-bond acceptors (Lipinski definition) is 6. The summed E-state index contributed by atoms with van der Waals surface area (Å²) in [5.74, 6) is 1.93. The Morgan fingerprint density at radius 3 is 2.63 bits per heavy atom. The van der Waals surface area contributed by atoms with Crippen molar-refractivity contribution in [3.63, 3.8) is 0 Å². The van der Waals surface area contributed by atoms with E-state index in [9.17, 15) is 4.79 Å². The first kappa shape index (κ1) is 18.7. The largest absolute Gasteiger partial charge is 0.497 e. The van der Waals surface area contributed by atoms with E-state index in [4.69, 9.17) is 9.47 Å². The Hall–Kier alpha value is -3.06. The molecule has 0 aliphatic carbocycles. The van der Waals surface area contributed by atoms with Crippen LogP contribution >= 0.6 is 11.8 Å². The van der Waals surface area contributed by atoms with E-state index in [1.165, 1.54) is 11.8 Å². The maximum Gasteiger partial charge on any atom is 0.252 e. The Labute approximate surface area is 162 Å². The van der Waals surface area contributed by atoms with Gasteiger partial charge in [-0.1, -0.05) is 42.1 Å². The minimum absolute atomic E-state index is 0.0980. The van der Waals surface area contributed by atoms with E-state index < -0.39 is 0 Å². The summed E-state index contributed by atoms with van der Waals surface area (Å²) in [7, 11) is 1.62. The lowest BCUT2D eigenvalue weighted by Gasteiger charge is -2.09. The van der Waals surface area contributed by atoms with Gasteiger partial charge < -0.3 is 14.8 Å². The fraction of sp³-hybridized carbons (Fsp3) is 0.150. The summed E-state index contributed by atoms with van der Waals surface area (Å²) in [5, 5.41) is 3.45. The molecule has 2 aromatic carbocycles. The number of rotatable bonds is 8. The predicted molar refractivity (Wildman–Crippen MR) is 104 cm³/mol. The molecule has 1 aromatic heterocycles. The molecule has 0 saturated carbocycles. The molecule has 3 rings (SSSR count). The van der Waals surface area contributed by atoms with Crippen LogP contribution in [0.1, 0.15) is 5.56 Å². The van der Waals surface area contributed by atoms with Crippen molar-refractivity contribution < 1.29 is 14.3 Å². The molecule has 3 aromatic rings. The van der Waals surface area contributed by atoms with Gasteiger partial charge in [-0.15, -0.1) is 0 Å². The smallest absolute Gasteiger partial charge is 0.252 e. The number of methoxy groups -OCH3 is 1. The highest BCUT2D eigenvalue weighted by molar-refractivity contribution is 8.00. The number of thioether (sulfide) groups is 1. The van der Waals surface area contributed by atoms with E-state index in [0.29, 0.717) is 23.2 Å². The first-order valence-electron chi connectivity index (χ1n) is 8.31. The van der Waals surface area contributed by atoms with Crippen LogP contribution in [0.3, 0.4) is 0 Å². The second-order valence-corrected chi connectivity index (χ2v) is 6.46. The lowest BCUT2D eigenvalue weighted by molar-refractivity contribution is -0.118. The van der Waals surface area contributed by atoms with Crippen LogP contribution in [0.15, 0.2) is 72.0 Å². The van der Waals surface area contributed by atoms with E-state index in [1.807, 2.05) is 54.6 Å². The summed E-state index contributed by atoms with van der Waals surface area (Å²) in [6.07, 6.45) is 3.14. The monoisotopic (exact) mass is 381 g/mol. The Balaban J connectivity index is 1.54. The molecule has 6 nitrogen and oxygen atoms in total. The number of amides is 1. The number of para-hydroxylation sites is 1. The summed E-state index contributed by atoms with van der Waals surface area (Å²) in [5.41, 5.74) is 0.973. The van der Waals surface area contributed by atoms with Gasteiger partial charge in [0.15, 0.2) is 5.03 Å². The SMILES string of the molecule is COc1cccc(CNC(=O)CSc2nccnc2Oc2ccccc2)c1. The van der Waals surface area contributed by atoms with Gasteiger partial charge in [0.2, 0.25) is 5.91 Å². The molecule has 0 saturated heterocycles. The highest BCUT2D eigenvalue weighted by Crippen LogP contribution is 2.28. The van der Waals surface area contributed by atoms with Gasteiger partial charge in [0.1, 0.15) is 11.5 Å². The Morgan fingerprint density at radius 2 is 1.81 bits per heavy atom. The van der Waals surface area contributed by atoms with E-state index in [-0.39, 0.29) is 11.7 Å². The zero-order chi connectivity index (χ0) is 18.9. The molecule has 7 heteroatoms. The van der Waals surface area contributed by atoms with Crippen molar-refractivity contribution in [1.29, 1.82) is 0 Å². The van der Waals surface area contributed by atoms with Crippen molar-refractivity contribution in [3.8, 4) is 17.4 Å². The number of carbonyl (C=O) groups is 1. The molecule has 0 aliphatic heterocycles. The fourth-order valence-corrected chi connectivity index (χ4v) is 2.97. The summed E-state index contributed by atoms with van der Waals surface area (Å²) in [6, 6.07) is 16.9. The molecule has 138 valence electrons. The van der Waals surface area contributed by atoms with Crippen LogP contribution in [-0.2, 0) is 11.3 Å². The van der Waals surface area contributed by atoms with Crippen LogP contribution in [0, 0.1) is 0 Å². The van der Waals surface area contributed by atoms with Crippen molar-refractivity contribution in [1.82, 2.24) is 15.3 Å². The number of ether oxygens (including phenoxy) is 2. The van der Waals surface area contributed by atoms with Crippen molar-refractivity contribution in [3.05, 3.63) is 72.6 Å². The minimum atomic E-state index is -0.0980. The number of benzene rings is 2. The average Bonchev–Trinajstić information content (AvgIpc) is 2.72. The molecular formula is C20H19N3O3S. The van der Waals surface area contributed by atoms with E-state index in [1.54, 1.807) is 19.5 Å². The molecule has 0 radical (unpaired) electrons. The quantitative estimate of drug-likeness (QED) is 0.600. The molecule has 0 fully saturated rings. The first-order valence-corrected chi connectivity index (χ1v) is 9.29. The number of carbonyl (C=O) groups excluding carboxylic acids is 1. The molecule has 0 spiro atoms. The van der Waals surface area contributed by atoms with E-state index in [2.05, 4.69) is 15.3 Å². The van der Waals surface area contributed by atoms with Gasteiger partial charge in [0, 0.05) is 18.9 Å². The standard InChI is InChI=1S/C20H19N3O3S/c1-25-17-9-5-6-15(12-17)13-23-18(24)14-27-20-19(21-10-11-22-20)26-16-7-3-2-4-8-16/h2-12H,13-14H2,1H3,(H,23,24). The topological polar surface area (TPSA) is 73.3 Å². The van der Waals surface area contributed by atoms with Crippen LogP contribution < -0.4 is 14.8 Å². The zero-order valence-corrected chi connectivity index (χ0v) is 15.6. The van der Waals surface area contributed by atoms with Gasteiger partial charge in [-0.25, -0.2) is 9.97 Å². The van der Waals surface area contributed by atoms with E-state index in [0.717, 1.165) is 11.3 Å². The van der Waals surface area contributed by atoms with Crippen molar-refractivity contribution >= 4 is 17.7 Å². The van der Waals surface area contributed by atoms with Crippen LogP contribution in [0.2, 0.25) is 0 Å². The fourth-order valence-electron chi connectivity index (χ4n) is 2.25. The van der Waals surface area contributed by atoms with Crippen LogP contribution in [0.5, 0.6) is 17.4 Å². The summed E-state index contributed by atoms with van der Waals surface area (Å²) in [4.78, 5) is 20.6. The second kappa shape index (κ2) is 9.59. The van der Waals surface area contributed by atoms with Gasteiger partial charge in [-0.05, 0) is 29.8 Å². The van der Waals surface area contributed by atoms with Gasteiger partial charge in [-0.2, -0.15) is 0 Å². The van der Waals surface area contributed by atoms with Gasteiger partial charge in [0.25, 0.3) is 5.88 Å². The maximum absolute atomic E-state index is 12.2. The number of nitrogens with zero attached hydrogens (tertiary/aromatic N) is 2. The Morgan fingerprint density at radius 1 is 1.04 bits per heavy atom. The van der Waals surface area contributed by atoms with Gasteiger partial charge in [-0.3, -0.25) is 4.79 Å². The summed E-state index contributed by atoms with van der Waals surface area (Å²) in [6.45, 7) is 0.435. The minimum Gasteiger partial charge on any atom is -0.497 e. The van der Waals surface area contributed by atoms with Crippen LogP contribution in [0.25, 0.3) is 0 Å². The van der Waals surface area contributed by atoms with Crippen LogP contribution in [-0.4, -0.2) is 28.7 Å². The molecule has 1 heterocycles. The number of aromatic nitrogens is 2. The molecule has 0 atom stereocenters. The summed E-state index contributed by atoms with van der Waals surface area (Å²) < 4.78 is 10.9. The third kappa shape index (κ3) is 5.72. The second-order valence-electron chi connectivity index (χ2n) is 5.50. The first-order chi connectivity index (χ1) is 13.2. The predicted octanol–water partition coefficient (Wildman–Crippen LogP) is 3.69. The molecule has 0 unspecified atom stereocenters. The van der Waals surface area contributed by atoms with Crippen LogP contribution in [0.4, 0.5) is 0 Å². The van der Waals surface area contributed by atoms with Crippen molar-refractivity contribution in [2.45, 2.75) is 11.6 Å². The lowest BCUT2D eigenvalue weighted by atomic mass is 10.2. The van der Waals surface area contributed by atoms with Crippen molar-refractivity contribution in [2.75, 3.05) is 12.9 Å². The van der Waals surface area contributed by atoms with Gasteiger partial charge in [0.05, 0.1) is 12.9 Å².